The van der Waals surface area contributed by atoms with Crippen molar-refractivity contribution in [3.63, 3.8) is 0 Å². The molecule has 21 heavy (non-hydrogen) atoms. The number of aromatic nitrogens is 1. The van der Waals surface area contributed by atoms with E-state index in [2.05, 4.69) is 32.9 Å². The molecule has 0 aliphatic carbocycles. The van der Waals surface area contributed by atoms with Crippen molar-refractivity contribution in [2.75, 3.05) is 20.1 Å². The third-order valence-electron chi connectivity index (χ3n) is 3.43. The minimum atomic E-state index is 0.179. The van der Waals surface area contributed by atoms with E-state index >= 15 is 0 Å². The first kappa shape index (κ1) is 15.9. The minimum absolute atomic E-state index is 0.179. The second-order valence-corrected chi connectivity index (χ2v) is 5.92. The number of carbonyl (C=O) groups is 1. The molecule has 2 rings (SSSR count). The van der Waals surface area contributed by atoms with Gasteiger partial charge in [-0.1, -0.05) is 34.1 Å². The van der Waals surface area contributed by atoms with Gasteiger partial charge >= 0.3 is 0 Å². The zero-order valence-electron chi connectivity index (χ0n) is 12.1. The number of pyridine rings is 1. The third kappa shape index (κ3) is 5.06. The van der Waals surface area contributed by atoms with Crippen LogP contribution in [-0.2, 0) is 6.42 Å². The Kier molecular flexibility index (Phi) is 6.08. The molecule has 1 heterocycles. The van der Waals surface area contributed by atoms with Gasteiger partial charge in [0.1, 0.15) is 0 Å². The molecule has 0 aliphatic heterocycles. The van der Waals surface area contributed by atoms with E-state index in [1.54, 1.807) is 0 Å². The SMILES string of the molecule is CN(CCC(=O)c1ccccc1Br)CCc1ccncc1. The lowest BCUT2D eigenvalue weighted by molar-refractivity contribution is 0.0968. The molecule has 2 aromatic rings. The van der Waals surface area contributed by atoms with Gasteiger partial charge in [-0.2, -0.15) is 0 Å². The average molecular weight is 347 g/mol. The monoisotopic (exact) mass is 346 g/mol. The minimum Gasteiger partial charge on any atom is -0.306 e. The Morgan fingerprint density at radius 1 is 1.14 bits per heavy atom. The first-order chi connectivity index (χ1) is 10.2. The highest BCUT2D eigenvalue weighted by molar-refractivity contribution is 9.10. The van der Waals surface area contributed by atoms with Crippen molar-refractivity contribution in [2.24, 2.45) is 0 Å². The Bertz CT molecular complexity index is 586. The van der Waals surface area contributed by atoms with Gasteiger partial charge in [0.2, 0.25) is 0 Å². The molecule has 1 aromatic carbocycles. The van der Waals surface area contributed by atoms with Crippen LogP contribution in [-0.4, -0.2) is 35.8 Å². The van der Waals surface area contributed by atoms with Crippen molar-refractivity contribution in [2.45, 2.75) is 12.8 Å². The first-order valence-corrected chi connectivity index (χ1v) is 7.81. The highest BCUT2D eigenvalue weighted by atomic mass is 79.9. The molecular formula is C17H19BrN2O. The van der Waals surface area contributed by atoms with Crippen LogP contribution in [0.15, 0.2) is 53.3 Å². The summed E-state index contributed by atoms with van der Waals surface area (Å²) in [5.74, 6) is 0.179. The van der Waals surface area contributed by atoms with Gasteiger partial charge in [0.05, 0.1) is 0 Å². The highest BCUT2D eigenvalue weighted by Gasteiger charge is 2.10. The number of hydrogen-bond donors (Lipinski definition) is 0. The summed E-state index contributed by atoms with van der Waals surface area (Å²) in [6.07, 6.45) is 5.13. The zero-order valence-corrected chi connectivity index (χ0v) is 13.7. The van der Waals surface area contributed by atoms with Crippen LogP contribution in [0.5, 0.6) is 0 Å². The van der Waals surface area contributed by atoms with Crippen LogP contribution in [0.1, 0.15) is 22.3 Å². The molecule has 0 fully saturated rings. The van der Waals surface area contributed by atoms with E-state index in [-0.39, 0.29) is 5.78 Å². The molecule has 0 saturated carbocycles. The van der Waals surface area contributed by atoms with Crippen LogP contribution >= 0.6 is 15.9 Å². The summed E-state index contributed by atoms with van der Waals surface area (Å²) in [4.78, 5) is 18.4. The number of hydrogen-bond acceptors (Lipinski definition) is 3. The molecule has 0 saturated heterocycles. The predicted molar refractivity (Wildman–Crippen MR) is 88.5 cm³/mol. The third-order valence-corrected chi connectivity index (χ3v) is 4.12. The van der Waals surface area contributed by atoms with Gasteiger partial charge in [0, 0.05) is 41.9 Å². The Labute approximate surface area is 134 Å². The summed E-state index contributed by atoms with van der Waals surface area (Å²) >= 11 is 3.42. The smallest absolute Gasteiger partial charge is 0.165 e. The summed E-state index contributed by atoms with van der Waals surface area (Å²) in [6, 6.07) is 11.6. The van der Waals surface area contributed by atoms with E-state index < -0.39 is 0 Å². The average Bonchev–Trinajstić information content (AvgIpc) is 2.52. The van der Waals surface area contributed by atoms with E-state index in [1.807, 2.05) is 48.8 Å². The summed E-state index contributed by atoms with van der Waals surface area (Å²) in [5, 5.41) is 0. The molecule has 0 aliphatic rings. The van der Waals surface area contributed by atoms with Crippen molar-refractivity contribution < 1.29 is 4.79 Å². The highest BCUT2D eigenvalue weighted by Crippen LogP contribution is 2.17. The molecule has 0 unspecified atom stereocenters. The molecule has 1 aromatic heterocycles. The number of carbonyl (C=O) groups excluding carboxylic acids is 1. The largest absolute Gasteiger partial charge is 0.306 e. The molecule has 0 atom stereocenters. The molecule has 0 radical (unpaired) electrons. The fraction of sp³-hybridized carbons (Fsp3) is 0.294. The normalized spacial score (nSPS) is 10.8. The Morgan fingerprint density at radius 3 is 2.57 bits per heavy atom. The van der Waals surface area contributed by atoms with Crippen molar-refractivity contribution in [1.82, 2.24) is 9.88 Å². The number of halogens is 1. The number of nitrogens with zero attached hydrogens (tertiary/aromatic N) is 2. The second kappa shape index (κ2) is 8.05. The molecular weight excluding hydrogens is 328 g/mol. The lowest BCUT2D eigenvalue weighted by atomic mass is 10.1. The number of rotatable bonds is 7. The van der Waals surface area contributed by atoms with E-state index in [4.69, 9.17) is 0 Å². The van der Waals surface area contributed by atoms with Gasteiger partial charge in [-0.3, -0.25) is 9.78 Å². The van der Waals surface area contributed by atoms with Crippen molar-refractivity contribution in [1.29, 1.82) is 0 Å². The lowest BCUT2D eigenvalue weighted by Crippen LogP contribution is -2.24. The van der Waals surface area contributed by atoms with Crippen molar-refractivity contribution in [3.05, 3.63) is 64.4 Å². The first-order valence-electron chi connectivity index (χ1n) is 7.02. The molecule has 0 bridgehead atoms. The van der Waals surface area contributed by atoms with Crippen LogP contribution in [0, 0.1) is 0 Å². The summed E-state index contributed by atoms with van der Waals surface area (Å²) in [6.45, 7) is 1.71. The molecule has 0 amide bonds. The Hall–Kier alpha value is -1.52. The number of ketones is 1. The summed E-state index contributed by atoms with van der Waals surface area (Å²) in [7, 11) is 2.05. The van der Waals surface area contributed by atoms with E-state index in [1.165, 1.54) is 5.56 Å². The quantitative estimate of drug-likeness (QED) is 0.718. The number of likely N-dealkylation sites (N-methyl/N-ethyl adjacent to an activating group) is 1. The fourth-order valence-corrected chi connectivity index (χ4v) is 2.60. The molecule has 3 nitrogen and oxygen atoms in total. The van der Waals surface area contributed by atoms with Gasteiger partial charge < -0.3 is 4.90 Å². The maximum Gasteiger partial charge on any atom is 0.165 e. The molecule has 0 spiro atoms. The number of benzene rings is 1. The second-order valence-electron chi connectivity index (χ2n) is 5.06. The molecule has 0 N–H and O–H groups in total. The van der Waals surface area contributed by atoms with Gasteiger partial charge in [0.25, 0.3) is 0 Å². The van der Waals surface area contributed by atoms with E-state index in [9.17, 15) is 4.79 Å². The van der Waals surface area contributed by atoms with Crippen LogP contribution in [0.25, 0.3) is 0 Å². The zero-order chi connectivity index (χ0) is 15.1. The number of Topliss-reactive ketones (excluding diaryl/α,β-unsaturated/α-hetero) is 1. The Balaban J connectivity index is 1.77. The van der Waals surface area contributed by atoms with Crippen molar-refractivity contribution >= 4 is 21.7 Å². The van der Waals surface area contributed by atoms with Gasteiger partial charge in [-0.05, 0) is 37.2 Å². The Morgan fingerprint density at radius 2 is 1.86 bits per heavy atom. The van der Waals surface area contributed by atoms with E-state index in [0.717, 1.165) is 29.5 Å². The fourth-order valence-electron chi connectivity index (χ4n) is 2.10. The van der Waals surface area contributed by atoms with Crippen LogP contribution < -0.4 is 0 Å². The lowest BCUT2D eigenvalue weighted by Gasteiger charge is -2.16. The standard InChI is InChI=1S/C17H19BrN2O/c1-20(12-8-14-6-10-19-11-7-14)13-9-17(21)15-4-2-3-5-16(15)18/h2-7,10-11H,8-9,12-13H2,1H3. The van der Waals surface area contributed by atoms with E-state index in [0.29, 0.717) is 6.42 Å². The van der Waals surface area contributed by atoms with Crippen LogP contribution in [0.2, 0.25) is 0 Å². The summed E-state index contributed by atoms with van der Waals surface area (Å²) < 4.78 is 0.870. The van der Waals surface area contributed by atoms with Gasteiger partial charge in [0.15, 0.2) is 5.78 Å². The summed E-state index contributed by atoms with van der Waals surface area (Å²) in [5.41, 5.74) is 2.04. The van der Waals surface area contributed by atoms with Gasteiger partial charge in [-0.15, -0.1) is 0 Å². The topological polar surface area (TPSA) is 33.2 Å². The van der Waals surface area contributed by atoms with Crippen molar-refractivity contribution in [3.8, 4) is 0 Å². The predicted octanol–water partition coefficient (Wildman–Crippen LogP) is 3.59. The van der Waals surface area contributed by atoms with Crippen LogP contribution in [0.4, 0.5) is 0 Å². The molecule has 110 valence electrons. The van der Waals surface area contributed by atoms with Crippen LogP contribution in [0.3, 0.4) is 0 Å². The maximum atomic E-state index is 12.2. The maximum absolute atomic E-state index is 12.2. The molecule has 4 heteroatoms. The van der Waals surface area contributed by atoms with Gasteiger partial charge in [-0.25, -0.2) is 0 Å².